The van der Waals surface area contributed by atoms with Crippen molar-refractivity contribution in [3.63, 3.8) is 0 Å². The highest BCUT2D eigenvalue weighted by Crippen LogP contribution is 2.28. The number of likely N-dealkylation sites (N-methyl/N-ethyl adjacent to an activating group) is 1. The zero-order valence-corrected chi connectivity index (χ0v) is 16.0. The van der Waals surface area contributed by atoms with Crippen LogP contribution in [0, 0.1) is 20.8 Å². The Kier molecular flexibility index (Phi) is 5.09. The van der Waals surface area contributed by atoms with Crippen LogP contribution in [0.25, 0.3) is 10.9 Å². The van der Waals surface area contributed by atoms with Gasteiger partial charge < -0.3 is 14.6 Å². The van der Waals surface area contributed by atoms with Gasteiger partial charge in [-0.25, -0.2) is 0 Å². The SMILES string of the molecule is COC[C@@H](c1ccccn1)N(C)C(=O)c1[nH]c2c(C)cc(C)cc2c1C. The molecule has 0 fully saturated rings. The Morgan fingerprint density at radius 2 is 2.04 bits per heavy atom. The van der Waals surface area contributed by atoms with Crippen molar-refractivity contribution in [2.24, 2.45) is 0 Å². The van der Waals surface area contributed by atoms with Crippen LogP contribution in [0.15, 0.2) is 36.5 Å². The average Bonchev–Trinajstić information content (AvgIpc) is 2.96. The molecule has 2 aromatic heterocycles. The molecule has 0 spiro atoms. The van der Waals surface area contributed by atoms with Crippen molar-refractivity contribution in [1.82, 2.24) is 14.9 Å². The van der Waals surface area contributed by atoms with Crippen LogP contribution in [-0.2, 0) is 4.74 Å². The predicted octanol–water partition coefficient (Wildman–Crippen LogP) is 3.95. The minimum atomic E-state index is -0.248. The number of fused-ring (bicyclic) bond motifs is 1. The van der Waals surface area contributed by atoms with Crippen molar-refractivity contribution in [2.75, 3.05) is 20.8 Å². The third kappa shape index (κ3) is 3.22. The van der Waals surface area contributed by atoms with E-state index in [-0.39, 0.29) is 11.9 Å². The summed E-state index contributed by atoms with van der Waals surface area (Å²) in [4.78, 5) is 22.7. The van der Waals surface area contributed by atoms with Crippen LogP contribution >= 0.6 is 0 Å². The number of hydrogen-bond acceptors (Lipinski definition) is 3. The Hall–Kier alpha value is -2.66. The number of pyridine rings is 1. The number of nitrogens with zero attached hydrogens (tertiary/aromatic N) is 2. The van der Waals surface area contributed by atoms with Crippen LogP contribution < -0.4 is 0 Å². The maximum Gasteiger partial charge on any atom is 0.270 e. The Bertz CT molecular complexity index is 931. The quantitative estimate of drug-likeness (QED) is 0.757. The molecular weight excluding hydrogens is 326 g/mol. The number of carbonyl (C=O) groups is 1. The molecule has 5 heteroatoms. The molecule has 0 saturated carbocycles. The fourth-order valence-corrected chi connectivity index (χ4v) is 3.44. The number of hydrogen-bond donors (Lipinski definition) is 1. The number of amides is 1. The van der Waals surface area contributed by atoms with E-state index >= 15 is 0 Å². The molecule has 0 radical (unpaired) electrons. The lowest BCUT2D eigenvalue weighted by molar-refractivity contribution is 0.0590. The van der Waals surface area contributed by atoms with Gasteiger partial charge in [0.2, 0.25) is 0 Å². The Balaban J connectivity index is 2.01. The Morgan fingerprint density at radius 1 is 1.27 bits per heavy atom. The topological polar surface area (TPSA) is 58.2 Å². The van der Waals surface area contributed by atoms with E-state index in [9.17, 15) is 4.79 Å². The zero-order chi connectivity index (χ0) is 18.8. The number of nitrogens with one attached hydrogen (secondary N) is 1. The van der Waals surface area contributed by atoms with Crippen LogP contribution in [0.1, 0.15) is 38.9 Å². The van der Waals surface area contributed by atoms with E-state index in [1.165, 1.54) is 5.56 Å². The van der Waals surface area contributed by atoms with Crippen LogP contribution in [0.4, 0.5) is 0 Å². The summed E-state index contributed by atoms with van der Waals surface area (Å²) in [7, 11) is 3.43. The van der Waals surface area contributed by atoms with Gasteiger partial charge in [-0.3, -0.25) is 9.78 Å². The first-order valence-electron chi connectivity index (χ1n) is 8.70. The van der Waals surface area contributed by atoms with Crippen molar-refractivity contribution in [3.8, 4) is 0 Å². The molecule has 3 aromatic rings. The van der Waals surface area contributed by atoms with Gasteiger partial charge in [0.25, 0.3) is 5.91 Å². The number of ether oxygens (including phenoxy) is 1. The van der Waals surface area contributed by atoms with Crippen LogP contribution in [0.2, 0.25) is 0 Å². The van der Waals surface area contributed by atoms with Gasteiger partial charge in [0.1, 0.15) is 5.69 Å². The van der Waals surface area contributed by atoms with E-state index in [4.69, 9.17) is 4.74 Å². The first-order chi connectivity index (χ1) is 12.4. The standard InChI is InChI=1S/C21H25N3O2/c1-13-10-14(2)19-16(11-13)15(3)20(23-19)21(25)24(4)18(12-26-5)17-8-6-7-9-22-17/h6-11,18,23H,12H2,1-5H3/t18-/m0/s1. The second kappa shape index (κ2) is 7.30. The number of methoxy groups -OCH3 is 1. The van der Waals surface area contributed by atoms with Gasteiger partial charge >= 0.3 is 0 Å². The molecule has 2 heterocycles. The lowest BCUT2D eigenvalue weighted by Crippen LogP contribution is -2.34. The van der Waals surface area contributed by atoms with Crippen molar-refractivity contribution < 1.29 is 9.53 Å². The molecule has 1 atom stereocenters. The molecule has 0 bridgehead atoms. The maximum absolute atomic E-state index is 13.2. The number of carbonyl (C=O) groups excluding carboxylic acids is 1. The highest BCUT2D eigenvalue weighted by Gasteiger charge is 2.26. The first kappa shape index (κ1) is 18.1. The highest BCUT2D eigenvalue weighted by molar-refractivity contribution is 6.01. The Morgan fingerprint density at radius 3 is 2.69 bits per heavy atom. The third-order valence-electron chi connectivity index (χ3n) is 4.86. The number of aromatic nitrogens is 2. The summed E-state index contributed by atoms with van der Waals surface area (Å²) in [6.07, 6.45) is 1.73. The zero-order valence-electron chi connectivity index (χ0n) is 16.0. The molecule has 1 N–H and O–H groups in total. The van der Waals surface area contributed by atoms with E-state index in [0.717, 1.165) is 27.7 Å². The summed E-state index contributed by atoms with van der Waals surface area (Å²) in [6.45, 7) is 6.51. The van der Waals surface area contributed by atoms with Gasteiger partial charge in [-0.1, -0.05) is 17.7 Å². The molecular formula is C21H25N3O2. The van der Waals surface area contributed by atoms with Crippen LogP contribution in [0.5, 0.6) is 0 Å². The molecule has 0 aliphatic heterocycles. The predicted molar refractivity (Wildman–Crippen MR) is 103 cm³/mol. The number of benzene rings is 1. The molecule has 3 rings (SSSR count). The van der Waals surface area contributed by atoms with Crippen molar-refractivity contribution in [2.45, 2.75) is 26.8 Å². The van der Waals surface area contributed by atoms with Gasteiger partial charge in [0, 0.05) is 31.3 Å². The second-order valence-corrected chi connectivity index (χ2v) is 6.77. The lowest BCUT2D eigenvalue weighted by Gasteiger charge is -2.27. The van der Waals surface area contributed by atoms with Gasteiger partial charge in [0.05, 0.1) is 18.3 Å². The smallest absolute Gasteiger partial charge is 0.270 e. The number of aromatic amines is 1. The van der Waals surface area contributed by atoms with Crippen LogP contribution in [-0.4, -0.2) is 41.5 Å². The van der Waals surface area contributed by atoms with E-state index in [2.05, 4.69) is 35.9 Å². The normalized spacial score (nSPS) is 12.3. The molecule has 136 valence electrons. The highest BCUT2D eigenvalue weighted by atomic mass is 16.5. The molecule has 26 heavy (non-hydrogen) atoms. The summed E-state index contributed by atoms with van der Waals surface area (Å²) < 4.78 is 5.35. The molecule has 0 aliphatic carbocycles. The van der Waals surface area contributed by atoms with E-state index in [1.54, 1.807) is 25.3 Å². The summed E-state index contributed by atoms with van der Waals surface area (Å²) in [5.74, 6) is -0.0662. The monoisotopic (exact) mass is 351 g/mol. The third-order valence-corrected chi connectivity index (χ3v) is 4.86. The fourth-order valence-electron chi connectivity index (χ4n) is 3.44. The molecule has 1 amide bonds. The first-order valence-corrected chi connectivity index (χ1v) is 8.70. The van der Waals surface area contributed by atoms with Gasteiger partial charge in [0.15, 0.2) is 0 Å². The molecule has 0 unspecified atom stereocenters. The molecule has 1 aromatic carbocycles. The van der Waals surface area contributed by atoms with Gasteiger partial charge in [-0.05, 0) is 50.1 Å². The lowest BCUT2D eigenvalue weighted by atomic mass is 10.1. The molecule has 0 saturated heterocycles. The minimum absolute atomic E-state index is 0.0662. The fraction of sp³-hybridized carbons (Fsp3) is 0.333. The maximum atomic E-state index is 13.2. The van der Waals surface area contributed by atoms with Crippen molar-refractivity contribution in [3.05, 3.63) is 64.6 Å². The molecule has 5 nitrogen and oxygen atoms in total. The summed E-state index contributed by atoms with van der Waals surface area (Å²) >= 11 is 0. The second-order valence-electron chi connectivity index (χ2n) is 6.77. The number of rotatable bonds is 5. The van der Waals surface area contributed by atoms with E-state index in [1.807, 2.05) is 25.1 Å². The molecule has 0 aliphatic rings. The summed E-state index contributed by atoms with van der Waals surface area (Å²) in [6, 6.07) is 9.70. The largest absolute Gasteiger partial charge is 0.382 e. The number of H-pyrrole nitrogens is 1. The van der Waals surface area contributed by atoms with Crippen LogP contribution in [0.3, 0.4) is 0 Å². The minimum Gasteiger partial charge on any atom is -0.382 e. The van der Waals surface area contributed by atoms with E-state index in [0.29, 0.717) is 12.3 Å². The Labute approximate surface area is 154 Å². The van der Waals surface area contributed by atoms with Crippen molar-refractivity contribution in [1.29, 1.82) is 0 Å². The average molecular weight is 351 g/mol. The number of aryl methyl sites for hydroxylation is 3. The summed E-state index contributed by atoms with van der Waals surface area (Å²) in [5, 5.41) is 1.10. The summed E-state index contributed by atoms with van der Waals surface area (Å²) in [5.41, 5.74) is 5.75. The van der Waals surface area contributed by atoms with Crippen molar-refractivity contribution >= 4 is 16.8 Å². The van der Waals surface area contributed by atoms with Gasteiger partial charge in [-0.15, -0.1) is 0 Å². The van der Waals surface area contributed by atoms with Gasteiger partial charge in [-0.2, -0.15) is 0 Å². The van der Waals surface area contributed by atoms with E-state index < -0.39 is 0 Å².